The van der Waals surface area contributed by atoms with Crippen LogP contribution in [-0.4, -0.2) is 0 Å². The molecule has 0 nitrogen and oxygen atoms in total. The Hall–Kier alpha value is 0. The van der Waals surface area contributed by atoms with E-state index in [0.717, 1.165) is 17.8 Å². The van der Waals surface area contributed by atoms with Crippen LogP contribution in [-0.2, 0) is 0 Å². The van der Waals surface area contributed by atoms with E-state index in [-0.39, 0.29) is 0 Å². The lowest BCUT2D eigenvalue weighted by molar-refractivity contribution is 0.248. The van der Waals surface area contributed by atoms with Crippen LogP contribution in [0.4, 0.5) is 0 Å². The SMILES string of the molecule is CC(C)C[C@@H]1CCC[C@@H](C)C1. The summed E-state index contributed by atoms with van der Waals surface area (Å²) in [4.78, 5) is 0. The molecule has 0 radical (unpaired) electrons. The standard InChI is InChI=1S/C11H22/c1-9(2)7-11-6-4-5-10(3)8-11/h9-11H,4-8H2,1-3H3/t10-,11+/m1/s1. The molecule has 0 spiro atoms. The quantitative estimate of drug-likeness (QED) is 0.566. The first-order valence-corrected chi connectivity index (χ1v) is 5.18. The van der Waals surface area contributed by atoms with Crippen molar-refractivity contribution in [1.29, 1.82) is 0 Å². The average Bonchev–Trinajstić information content (AvgIpc) is 1.85. The minimum absolute atomic E-state index is 0.908. The van der Waals surface area contributed by atoms with Gasteiger partial charge in [-0.15, -0.1) is 0 Å². The molecular weight excluding hydrogens is 132 g/mol. The molecule has 2 atom stereocenters. The van der Waals surface area contributed by atoms with Crippen molar-refractivity contribution < 1.29 is 0 Å². The average molecular weight is 154 g/mol. The molecule has 0 N–H and O–H groups in total. The summed E-state index contributed by atoms with van der Waals surface area (Å²) in [6.07, 6.45) is 7.43. The van der Waals surface area contributed by atoms with Crippen LogP contribution in [0.25, 0.3) is 0 Å². The third kappa shape index (κ3) is 3.27. The molecular formula is C11H22. The number of rotatable bonds is 2. The van der Waals surface area contributed by atoms with E-state index >= 15 is 0 Å². The van der Waals surface area contributed by atoms with Gasteiger partial charge < -0.3 is 0 Å². The van der Waals surface area contributed by atoms with Crippen LogP contribution in [0, 0.1) is 17.8 Å². The normalized spacial score (nSPS) is 32.7. The van der Waals surface area contributed by atoms with E-state index < -0.39 is 0 Å². The second kappa shape index (κ2) is 4.13. The summed E-state index contributed by atoms with van der Waals surface area (Å²) < 4.78 is 0. The van der Waals surface area contributed by atoms with Gasteiger partial charge in [-0.25, -0.2) is 0 Å². The van der Waals surface area contributed by atoms with Crippen LogP contribution in [0.5, 0.6) is 0 Å². The van der Waals surface area contributed by atoms with Crippen molar-refractivity contribution in [3.8, 4) is 0 Å². The first kappa shape index (κ1) is 9.09. The number of hydrogen-bond donors (Lipinski definition) is 0. The Bertz CT molecular complexity index is 103. The maximum atomic E-state index is 2.41. The summed E-state index contributed by atoms with van der Waals surface area (Å²) in [7, 11) is 0. The third-order valence-corrected chi connectivity index (χ3v) is 2.85. The van der Waals surface area contributed by atoms with Crippen molar-refractivity contribution in [2.75, 3.05) is 0 Å². The van der Waals surface area contributed by atoms with Crippen LogP contribution < -0.4 is 0 Å². The second-order valence-electron chi connectivity index (χ2n) is 4.77. The Morgan fingerprint density at radius 3 is 2.55 bits per heavy atom. The summed E-state index contributed by atoms with van der Waals surface area (Å²) in [5.74, 6) is 2.97. The molecule has 0 bridgehead atoms. The molecule has 0 saturated heterocycles. The molecule has 66 valence electrons. The smallest absolute Gasteiger partial charge is 0.0409 e. The lowest BCUT2D eigenvalue weighted by Crippen LogP contribution is -2.14. The molecule has 0 heterocycles. The van der Waals surface area contributed by atoms with E-state index in [4.69, 9.17) is 0 Å². The Morgan fingerprint density at radius 2 is 2.00 bits per heavy atom. The molecule has 0 aromatic heterocycles. The molecule has 1 rings (SSSR count). The van der Waals surface area contributed by atoms with Crippen molar-refractivity contribution >= 4 is 0 Å². The van der Waals surface area contributed by atoms with Gasteiger partial charge in [0.15, 0.2) is 0 Å². The fourth-order valence-corrected chi connectivity index (χ4v) is 2.44. The van der Waals surface area contributed by atoms with E-state index in [1.165, 1.54) is 32.1 Å². The minimum atomic E-state index is 0.908. The molecule has 0 aliphatic heterocycles. The maximum Gasteiger partial charge on any atom is -0.0409 e. The highest BCUT2D eigenvalue weighted by atomic mass is 14.2. The van der Waals surface area contributed by atoms with Gasteiger partial charge in [0.25, 0.3) is 0 Å². The van der Waals surface area contributed by atoms with Gasteiger partial charge in [-0.1, -0.05) is 40.0 Å². The van der Waals surface area contributed by atoms with E-state index in [1.54, 1.807) is 0 Å². The van der Waals surface area contributed by atoms with Crippen molar-refractivity contribution in [3.63, 3.8) is 0 Å². The van der Waals surface area contributed by atoms with Gasteiger partial charge in [-0.05, 0) is 30.6 Å². The zero-order valence-electron chi connectivity index (χ0n) is 8.27. The van der Waals surface area contributed by atoms with Crippen LogP contribution in [0.1, 0.15) is 52.9 Å². The van der Waals surface area contributed by atoms with Crippen molar-refractivity contribution in [1.82, 2.24) is 0 Å². The van der Waals surface area contributed by atoms with Gasteiger partial charge in [0.1, 0.15) is 0 Å². The van der Waals surface area contributed by atoms with Crippen molar-refractivity contribution in [3.05, 3.63) is 0 Å². The molecule has 0 aromatic rings. The summed E-state index contributed by atoms with van der Waals surface area (Å²) in [6, 6.07) is 0. The molecule has 1 saturated carbocycles. The Labute approximate surface area is 71.4 Å². The minimum Gasteiger partial charge on any atom is -0.0628 e. The number of hydrogen-bond acceptors (Lipinski definition) is 0. The monoisotopic (exact) mass is 154 g/mol. The molecule has 11 heavy (non-hydrogen) atoms. The van der Waals surface area contributed by atoms with Crippen molar-refractivity contribution in [2.45, 2.75) is 52.9 Å². The van der Waals surface area contributed by atoms with Crippen LogP contribution >= 0.6 is 0 Å². The Kier molecular flexibility index (Phi) is 3.42. The van der Waals surface area contributed by atoms with Crippen LogP contribution in [0.2, 0.25) is 0 Å². The van der Waals surface area contributed by atoms with Crippen LogP contribution in [0.15, 0.2) is 0 Å². The molecule has 0 aromatic carbocycles. The first-order chi connectivity index (χ1) is 5.18. The fraction of sp³-hybridized carbons (Fsp3) is 1.00. The molecule has 0 unspecified atom stereocenters. The van der Waals surface area contributed by atoms with Gasteiger partial charge >= 0.3 is 0 Å². The molecule has 1 aliphatic rings. The maximum absolute atomic E-state index is 2.41. The van der Waals surface area contributed by atoms with Gasteiger partial charge in [0.05, 0.1) is 0 Å². The lowest BCUT2D eigenvalue weighted by Gasteiger charge is -2.27. The summed E-state index contributed by atoms with van der Waals surface area (Å²) in [6.45, 7) is 7.10. The highest BCUT2D eigenvalue weighted by molar-refractivity contribution is 4.71. The van der Waals surface area contributed by atoms with Gasteiger partial charge in [-0.3, -0.25) is 0 Å². The first-order valence-electron chi connectivity index (χ1n) is 5.18. The molecule has 0 amide bonds. The predicted molar refractivity (Wildman–Crippen MR) is 50.6 cm³/mol. The molecule has 0 heteroatoms. The van der Waals surface area contributed by atoms with Gasteiger partial charge in [0, 0.05) is 0 Å². The van der Waals surface area contributed by atoms with E-state index in [0.29, 0.717) is 0 Å². The highest BCUT2D eigenvalue weighted by Crippen LogP contribution is 2.32. The summed E-state index contributed by atoms with van der Waals surface area (Å²) >= 11 is 0. The summed E-state index contributed by atoms with van der Waals surface area (Å²) in [5, 5.41) is 0. The zero-order chi connectivity index (χ0) is 8.27. The van der Waals surface area contributed by atoms with Crippen LogP contribution in [0.3, 0.4) is 0 Å². The van der Waals surface area contributed by atoms with E-state index in [2.05, 4.69) is 20.8 Å². The molecule has 1 aliphatic carbocycles. The van der Waals surface area contributed by atoms with Gasteiger partial charge in [0.2, 0.25) is 0 Å². The topological polar surface area (TPSA) is 0 Å². The fourth-order valence-electron chi connectivity index (χ4n) is 2.44. The summed E-state index contributed by atoms with van der Waals surface area (Å²) in [5.41, 5.74) is 0. The Morgan fingerprint density at radius 1 is 1.27 bits per heavy atom. The lowest BCUT2D eigenvalue weighted by atomic mass is 9.79. The second-order valence-corrected chi connectivity index (χ2v) is 4.77. The molecule has 1 fully saturated rings. The third-order valence-electron chi connectivity index (χ3n) is 2.85. The largest absolute Gasteiger partial charge is 0.0628 e. The van der Waals surface area contributed by atoms with E-state index in [1.807, 2.05) is 0 Å². The highest BCUT2D eigenvalue weighted by Gasteiger charge is 2.19. The van der Waals surface area contributed by atoms with E-state index in [9.17, 15) is 0 Å². The zero-order valence-corrected chi connectivity index (χ0v) is 8.27. The Balaban J connectivity index is 2.23. The van der Waals surface area contributed by atoms with Crippen molar-refractivity contribution in [2.24, 2.45) is 17.8 Å². The van der Waals surface area contributed by atoms with Gasteiger partial charge in [-0.2, -0.15) is 0 Å². The predicted octanol–water partition coefficient (Wildman–Crippen LogP) is 3.86.